The molecular formula is C24H22BrCl2N3O4. The number of amides is 4. The molecule has 0 spiro atoms. The molecule has 34 heavy (non-hydrogen) atoms. The Bertz CT molecular complexity index is 1070. The third kappa shape index (κ3) is 4.10. The van der Waals surface area contributed by atoms with Gasteiger partial charge in [0.2, 0.25) is 23.6 Å². The van der Waals surface area contributed by atoms with E-state index in [1.807, 2.05) is 24.3 Å². The highest BCUT2D eigenvalue weighted by Gasteiger charge is 2.51. The summed E-state index contributed by atoms with van der Waals surface area (Å²) in [6, 6.07) is 7.29. The van der Waals surface area contributed by atoms with E-state index in [2.05, 4.69) is 15.9 Å². The van der Waals surface area contributed by atoms with Gasteiger partial charge in [-0.15, -0.1) is 0 Å². The Labute approximate surface area is 215 Å². The van der Waals surface area contributed by atoms with Crippen molar-refractivity contribution in [3.05, 3.63) is 51.0 Å². The van der Waals surface area contributed by atoms with Crippen LogP contribution in [0.4, 0.5) is 5.69 Å². The Morgan fingerprint density at radius 2 is 1.15 bits per heavy atom. The number of fused-ring (bicyclic) bond motifs is 2. The molecule has 0 radical (unpaired) electrons. The summed E-state index contributed by atoms with van der Waals surface area (Å²) in [6.45, 7) is -0.120. The first kappa shape index (κ1) is 23.6. The maximum absolute atomic E-state index is 13.1. The van der Waals surface area contributed by atoms with Crippen LogP contribution >= 0.6 is 39.1 Å². The second-order valence-electron chi connectivity index (χ2n) is 9.12. The summed E-state index contributed by atoms with van der Waals surface area (Å²) in [7, 11) is 0. The molecular weight excluding hydrogens is 545 g/mol. The molecule has 0 unspecified atom stereocenters. The number of carbonyl (C=O) groups excluding carboxylic acids is 4. The van der Waals surface area contributed by atoms with Crippen molar-refractivity contribution in [1.29, 1.82) is 0 Å². The molecule has 0 saturated carbocycles. The Balaban J connectivity index is 1.41. The lowest BCUT2D eigenvalue weighted by Crippen LogP contribution is -2.48. The lowest BCUT2D eigenvalue weighted by molar-refractivity contribution is -0.140. The molecule has 4 aliphatic rings. The van der Waals surface area contributed by atoms with Crippen LogP contribution in [0.1, 0.15) is 25.7 Å². The van der Waals surface area contributed by atoms with Crippen molar-refractivity contribution in [3.63, 3.8) is 0 Å². The molecule has 0 N–H and O–H groups in total. The summed E-state index contributed by atoms with van der Waals surface area (Å²) in [6.07, 6.45) is 5.17. The second kappa shape index (κ2) is 9.13. The molecule has 0 aromatic heterocycles. The van der Waals surface area contributed by atoms with Gasteiger partial charge in [0.05, 0.1) is 23.7 Å². The molecule has 2 aliphatic carbocycles. The highest BCUT2D eigenvalue weighted by Crippen LogP contribution is 2.41. The van der Waals surface area contributed by atoms with Crippen LogP contribution in [0, 0.1) is 23.7 Å². The molecule has 2 aliphatic heterocycles. The zero-order valence-electron chi connectivity index (χ0n) is 18.1. The summed E-state index contributed by atoms with van der Waals surface area (Å²) in [5.74, 6) is -2.83. The van der Waals surface area contributed by atoms with Gasteiger partial charge in [0, 0.05) is 20.2 Å². The second-order valence-corrected chi connectivity index (χ2v) is 11.0. The number of imide groups is 2. The minimum atomic E-state index is -0.470. The van der Waals surface area contributed by atoms with Crippen LogP contribution in [-0.4, -0.2) is 46.8 Å². The number of hydrogen-bond donors (Lipinski definition) is 0. The van der Waals surface area contributed by atoms with Crippen molar-refractivity contribution in [3.8, 4) is 0 Å². The molecule has 4 atom stereocenters. The van der Waals surface area contributed by atoms with Crippen LogP contribution in [0.2, 0.25) is 0 Å². The SMILES string of the molecule is O=C1[C@H]2CC(Cl)=CC[C@H]2C(=O)N1CN(CN1C(=O)[C@H]2CC(Cl)=CC[C@H]2C1=O)c1ccc(Br)cc1. The van der Waals surface area contributed by atoms with Crippen LogP contribution in [0.3, 0.4) is 0 Å². The number of allylic oxidation sites excluding steroid dienone is 4. The van der Waals surface area contributed by atoms with E-state index in [9.17, 15) is 19.2 Å². The third-order valence-electron chi connectivity index (χ3n) is 7.14. The topological polar surface area (TPSA) is 78.0 Å². The molecule has 178 valence electrons. The zero-order chi connectivity index (χ0) is 24.1. The Kier molecular flexibility index (Phi) is 6.33. The molecule has 5 rings (SSSR count). The van der Waals surface area contributed by atoms with Crippen LogP contribution in [0.5, 0.6) is 0 Å². The monoisotopic (exact) mass is 565 g/mol. The summed E-state index contributed by atoms with van der Waals surface area (Å²) < 4.78 is 0.858. The average molecular weight is 567 g/mol. The van der Waals surface area contributed by atoms with E-state index in [0.717, 1.165) is 4.47 Å². The molecule has 7 nitrogen and oxygen atoms in total. The van der Waals surface area contributed by atoms with Crippen molar-refractivity contribution in [2.45, 2.75) is 25.7 Å². The van der Waals surface area contributed by atoms with Gasteiger partial charge >= 0.3 is 0 Å². The Morgan fingerprint density at radius 1 is 0.735 bits per heavy atom. The van der Waals surface area contributed by atoms with Crippen LogP contribution in [0.15, 0.2) is 51.0 Å². The predicted molar refractivity (Wildman–Crippen MR) is 130 cm³/mol. The largest absolute Gasteiger partial charge is 0.335 e. The van der Waals surface area contributed by atoms with E-state index < -0.39 is 23.7 Å². The fraction of sp³-hybridized carbons (Fsp3) is 0.417. The molecule has 2 fully saturated rings. The molecule has 10 heteroatoms. The number of hydrogen-bond acceptors (Lipinski definition) is 5. The molecule has 0 bridgehead atoms. The summed E-state index contributed by atoms with van der Waals surface area (Å²) >= 11 is 15.7. The first-order valence-corrected chi connectivity index (χ1v) is 12.7. The molecule has 1 aromatic carbocycles. The molecule has 1 aromatic rings. The van der Waals surface area contributed by atoms with Crippen molar-refractivity contribution < 1.29 is 19.2 Å². The van der Waals surface area contributed by atoms with Crippen molar-refractivity contribution >= 4 is 68.4 Å². The molecule has 2 saturated heterocycles. The van der Waals surface area contributed by atoms with Gasteiger partial charge in [0.15, 0.2) is 0 Å². The van der Waals surface area contributed by atoms with Gasteiger partial charge in [-0.3, -0.25) is 29.0 Å². The fourth-order valence-corrected chi connectivity index (χ4v) is 6.05. The van der Waals surface area contributed by atoms with Gasteiger partial charge in [-0.25, -0.2) is 0 Å². The molecule has 4 amide bonds. The van der Waals surface area contributed by atoms with Gasteiger partial charge in [-0.2, -0.15) is 0 Å². The Hall–Kier alpha value is -2.16. The van der Waals surface area contributed by atoms with E-state index >= 15 is 0 Å². The number of carbonyl (C=O) groups is 4. The third-order valence-corrected chi connectivity index (χ3v) is 8.28. The Morgan fingerprint density at radius 3 is 1.59 bits per heavy atom. The van der Waals surface area contributed by atoms with Crippen LogP contribution in [0.25, 0.3) is 0 Å². The number of anilines is 1. The number of benzene rings is 1. The minimum Gasteiger partial charge on any atom is -0.335 e. The highest BCUT2D eigenvalue weighted by molar-refractivity contribution is 9.10. The van der Waals surface area contributed by atoms with E-state index in [1.54, 1.807) is 17.1 Å². The summed E-state index contributed by atoms with van der Waals surface area (Å²) in [5, 5.41) is 1.19. The van der Waals surface area contributed by atoms with Gasteiger partial charge in [0.25, 0.3) is 0 Å². The zero-order valence-corrected chi connectivity index (χ0v) is 21.2. The summed E-state index contributed by atoms with van der Waals surface area (Å²) in [4.78, 5) is 56.7. The van der Waals surface area contributed by atoms with Gasteiger partial charge < -0.3 is 4.90 Å². The maximum Gasteiger partial charge on any atom is 0.234 e. The number of halogens is 3. The van der Waals surface area contributed by atoms with Crippen LogP contribution in [-0.2, 0) is 19.2 Å². The van der Waals surface area contributed by atoms with Gasteiger partial charge in [0.1, 0.15) is 13.3 Å². The maximum atomic E-state index is 13.1. The smallest absolute Gasteiger partial charge is 0.234 e. The minimum absolute atomic E-state index is 0.0602. The number of rotatable bonds is 5. The lowest BCUT2D eigenvalue weighted by atomic mass is 9.85. The quantitative estimate of drug-likeness (QED) is 0.499. The van der Waals surface area contributed by atoms with Crippen molar-refractivity contribution in [2.75, 3.05) is 18.2 Å². The standard InChI is InChI=1S/C24H22BrCl2N3O4/c25-13-1-5-16(6-2-13)28(11-29-21(31)17-7-3-14(26)9-19(17)23(29)33)12-30-22(32)18-8-4-15(27)10-20(18)24(30)34/h1-6,17-20H,7-12H2/t17-,18-,19+,20+/m1/s1. The van der Waals surface area contributed by atoms with Gasteiger partial charge in [-0.05, 0) is 49.9 Å². The highest BCUT2D eigenvalue weighted by atomic mass is 79.9. The van der Waals surface area contributed by atoms with Crippen LogP contribution < -0.4 is 4.90 Å². The number of likely N-dealkylation sites (tertiary alicyclic amines) is 2. The fourth-order valence-electron chi connectivity index (χ4n) is 5.27. The van der Waals surface area contributed by atoms with Crippen molar-refractivity contribution in [2.24, 2.45) is 23.7 Å². The first-order valence-electron chi connectivity index (χ1n) is 11.1. The molecule has 2 heterocycles. The lowest BCUT2D eigenvalue weighted by Gasteiger charge is -2.32. The normalized spacial score (nSPS) is 28.7. The summed E-state index contributed by atoms with van der Waals surface area (Å²) in [5.41, 5.74) is 0.682. The van der Waals surface area contributed by atoms with E-state index in [1.165, 1.54) is 9.80 Å². The van der Waals surface area contributed by atoms with E-state index in [0.29, 0.717) is 41.4 Å². The first-order chi connectivity index (χ1) is 16.2. The van der Waals surface area contributed by atoms with E-state index in [4.69, 9.17) is 23.2 Å². The number of nitrogens with zero attached hydrogens (tertiary/aromatic N) is 3. The van der Waals surface area contributed by atoms with Crippen molar-refractivity contribution in [1.82, 2.24) is 9.80 Å². The average Bonchev–Trinajstić information content (AvgIpc) is 3.18. The van der Waals surface area contributed by atoms with Gasteiger partial charge in [-0.1, -0.05) is 51.3 Å². The van der Waals surface area contributed by atoms with E-state index in [-0.39, 0.29) is 37.0 Å². The predicted octanol–water partition coefficient (Wildman–Crippen LogP) is 4.21.